The van der Waals surface area contributed by atoms with Crippen LogP contribution >= 0.6 is 0 Å². The highest BCUT2D eigenvalue weighted by molar-refractivity contribution is 5.33. The van der Waals surface area contributed by atoms with E-state index in [0.717, 1.165) is 32.6 Å². The Hall–Kier alpha value is -0.660. The van der Waals surface area contributed by atoms with E-state index in [9.17, 15) is 0 Å². The zero-order valence-electron chi connectivity index (χ0n) is 9.38. The molecule has 0 saturated heterocycles. The summed E-state index contributed by atoms with van der Waals surface area (Å²) >= 11 is 0. The highest BCUT2D eigenvalue weighted by Crippen LogP contribution is 1.82. The Balaban J connectivity index is 3.66. The number of aliphatic imine (C=N–C) groups is 1. The molecule has 0 heterocycles. The van der Waals surface area contributed by atoms with Gasteiger partial charge in [-0.05, 0) is 32.9 Å². The smallest absolute Gasteiger partial charge is 0.306 e. The fourth-order valence-electron chi connectivity index (χ4n) is 0.981. The van der Waals surface area contributed by atoms with Crippen molar-refractivity contribution in [3.05, 3.63) is 0 Å². The van der Waals surface area contributed by atoms with Gasteiger partial charge in [0.05, 0.1) is 13.1 Å². The topological polar surface area (TPSA) is 18.6 Å². The maximum atomic E-state index is 4.23. The maximum absolute atomic E-state index is 4.23. The van der Waals surface area contributed by atoms with Gasteiger partial charge in [0.25, 0.3) is 0 Å². The van der Waals surface area contributed by atoms with Gasteiger partial charge in [0, 0.05) is 13.0 Å². The van der Waals surface area contributed by atoms with Crippen LogP contribution in [0.2, 0.25) is 0 Å². The van der Waals surface area contributed by atoms with Crippen LogP contribution in [0.3, 0.4) is 0 Å². The molecule has 76 valence electrons. The van der Waals surface area contributed by atoms with Gasteiger partial charge in [0.1, 0.15) is 6.54 Å². The first-order valence-electron chi connectivity index (χ1n) is 5.02. The monoisotopic (exact) mass is 184 g/mol. The van der Waals surface area contributed by atoms with Gasteiger partial charge in [0.2, 0.25) is 0 Å². The molecule has 13 heavy (non-hydrogen) atoms. The van der Waals surface area contributed by atoms with Crippen LogP contribution in [0.15, 0.2) is 4.99 Å². The Bertz CT molecular complexity index is 173. The van der Waals surface area contributed by atoms with Crippen molar-refractivity contribution in [1.29, 1.82) is 0 Å². The SMILES string of the molecule is CC[N+](=C=NCCCN(C)C)CC. The molecule has 3 heteroatoms. The number of hydrogen-bond donors (Lipinski definition) is 0. The molecule has 0 N–H and O–H groups in total. The molecular formula is C10H22N3+. The molecule has 0 spiro atoms. The van der Waals surface area contributed by atoms with Gasteiger partial charge in [-0.1, -0.05) is 0 Å². The highest BCUT2D eigenvalue weighted by Gasteiger charge is 1.92. The minimum Gasteiger partial charge on any atom is -0.309 e. The molecule has 0 unspecified atom stereocenters. The maximum Gasteiger partial charge on any atom is 0.306 e. The largest absolute Gasteiger partial charge is 0.309 e. The number of nitrogens with zero attached hydrogens (tertiary/aromatic N) is 3. The molecule has 0 fully saturated rings. The van der Waals surface area contributed by atoms with Crippen molar-refractivity contribution in [1.82, 2.24) is 4.90 Å². The molecule has 0 atom stereocenters. The first-order chi connectivity index (χ1) is 6.20. The van der Waals surface area contributed by atoms with Gasteiger partial charge in [0.15, 0.2) is 0 Å². The summed E-state index contributed by atoms with van der Waals surface area (Å²) in [4.78, 5) is 6.41. The van der Waals surface area contributed by atoms with E-state index in [-0.39, 0.29) is 0 Å². The molecule has 0 saturated carbocycles. The predicted molar refractivity (Wildman–Crippen MR) is 56.8 cm³/mol. The standard InChI is InChI=1S/C10H22N3/c1-5-13(6-2)10-11-8-7-9-12(3)4/h5-9H2,1-4H3/q+1. The number of hydrogen-bond acceptors (Lipinski definition) is 2. The van der Waals surface area contributed by atoms with Crippen molar-refractivity contribution >= 4 is 6.01 Å². The Morgan fingerprint density at radius 1 is 1.23 bits per heavy atom. The Morgan fingerprint density at radius 3 is 2.31 bits per heavy atom. The summed E-state index contributed by atoms with van der Waals surface area (Å²) < 4.78 is 2.08. The first-order valence-corrected chi connectivity index (χ1v) is 5.02. The van der Waals surface area contributed by atoms with Crippen LogP contribution in [0.4, 0.5) is 0 Å². The van der Waals surface area contributed by atoms with E-state index >= 15 is 0 Å². The van der Waals surface area contributed by atoms with Gasteiger partial charge < -0.3 is 4.90 Å². The Morgan fingerprint density at radius 2 is 1.85 bits per heavy atom. The van der Waals surface area contributed by atoms with Gasteiger partial charge in [-0.2, -0.15) is 0 Å². The summed E-state index contributed by atoms with van der Waals surface area (Å²) in [7, 11) is 4.16. The average Bonchev–Trinajstić information content (AvgIpc) is 2.11. The molecular weight excluding hydrogens is 162 g/mol. The fourth-order valence-corrected chi connectivity index (χ4v) is 0.981. The lowest BCUT2D eigenvalue weighted by Gasteiger charge is -2.04. The summed E-state index contributed by atoms with van der Waals surface area (Å²) in [5, 5.41) is 0. The van der Waals surface area contributed by atoms with E-state index in [1.54, 1.807) is 0 Å². The van der Waals surface area contributed by atoms with Crippen LogP contribution in [0.1, 0.15) is 20.3 Å². The molecule has 0 amide bonds. The molecule has 3 nitrogen and oxygen atoms in total. The van der Waals surface area contributed by atoms with Crippen LogP contribution < -0.4 is 0 Å². The predicted octanol–water partition coefficient (Wildman–Crippen LogP) is 1.16. The number of rotatable bonds is 6. The average molecular weight is 184 g/mol. The Labute approximate surface area is 81.8 Å². The first kappa shape index (κ1) is 12.3. The summed E-state index contributed by atoms with van der Waals surface area (Å²) in [6, 6.07) is 3.03. The van der Waals surface area contributed by atoms with E-state index in [1.165, 1.54) is 0 Å². The third-order valence-corrected chi connectivity index (χ3v) is 1.85. The van der Waals surface area contributed by atoms with Crippen molar-refractivity contribution in [3.8, 4) is 0 Å². The minimum atomic E-state index is 0.884. The fraction of sp³-hybridized carbons (Fsp3) is 0.900. The van der Waals surface area contributed by atoms with E-state index in [0.29, 0.717) is 0 Å². The van der Waals surface area contributed by atoms with Crippen molar-refractivity contribution in [2.75, 3.05) is 40.3 Å². The molecule has 0 aliphatic carbocycles. The lowest BCUT2D eigenvalue weighted by atomic mass is 10.4. The molecule has 0 aliphatic rings. The van der Waals surface area contributed by atoms with Gasteiger partial charge in [-0.15, -0.1) is 0 Å². The lowest BCUT2D eigenvalue weighted by molar-refractivity contribution is -0.514. The molecule has 0 bridgehead atoms. The summed E-state index contributed by atoms with van der Waals surface area (Å²) in [5.41, 5.74) is 0. The van der Waals surface area contributed by atoms with Crippen LogP contribution in [-0.4, -0.2) is 55.8 Å². The van der Waals surface area contributed by atoms with Gasteiger partial charge >= 0.3 is 6.01 Å². The Kier molecular flexibility index (Phi) is 7.56. The zero-order chi connectivity index (χ0) is 10.1. The normalized spacial score (nSPS) is 9.92. The van der Waals surface area contributed by atoms with Crippen molar-refractivity contribution in [2.24, 2.45) is 4.99 Å². The minimum absolute atomic E-state index is 0.884. The van der Waals surface area contributed by atoms with Crippen molar-refractivity contribution in [3.63, 3.8) is 0 Å². The summed E-state index contributed by atoms with van der Waals surface area (Å²) in [5.74, 6) is 0. The second-order valence-electron chi connectivity index (χ2n) is 3.31. The van der Waals surface area contributed by atoms with E-state index < -0.39 is 0 Å². The third kappa shape index (κ3) is 7.69. The van der Waals surface area contributed by atoms with Gasteiger partial charge in [-0.3, -0.25) is 0 Å². The van der Waals surface area contributed by atoms with Crippen molar-refractivity contribution < 1.29 is 4.58 Å². The molecule has 0 radical (unpaired) electrons. The lowest BCUT2D eigenvalue weighted by Crippen LogP contribution is -2.13. The summed E-state index contributed by atoms with van der Waals surface area (Å²) in [6.07, 6.45) is 1.11. The van der Waals surface area contributed by atoms with Crippen molar-refractivity contribution in [2.45, 2.75) is 20.3 Å². The molecule has 0 rings (SSSR count). The van der Waals surface area contributed by atoms with Crippen LogP contribution in [0.25, 0.3) is 0 Å². The van der Waals surface area contributed by atoms with Crippen LogP contribution in [-0.2, 0) is 0 Å². The third-order valence-electron chi connectivity index (χ3n) is 1.85. The van der Waals surface area contributed by atoms with Crippen LogP contribution in [0.5, 0.6) is 0 Å². The van der Waals surface area contributed by atoms with E-state index in [2.05, 4.69) is 48.4 Å². The second kappa shape index (κ2) is 7.96. The zero-order valence-corrected chi connectivity index (χ0v) is 9.38. The van der Waals surface area contributed by atoms with E-state index in [4.69, 9.17) is 0 Å². The molecule has 0 aromatic heterocycles. The molecule has 0 aromatic carbocycles. The quantitative estimate of drug-likeness (QED) is 0.344. The second-order valence-corrected chi connectivity index (χ2v) is 3.31. The molecule has 0 aromatic rings. The van der Waals surface area contributed by atoms with E-state index in [1.807, 2.05) is 0 Å². The molecule has 0 aliphatic heterocycles. The van der Waals surface area contributed by atoms with Crippen LogP contribution in [0, 0.1) is 0 Å². The highest BCUT2D eigenvalue weighted by atomic mass is 15.1. The summed E-state index contributed by atoms with van der Waals surface area (Å²) in [6.45, 7) is 8.21. The van der Waals surface area contributed by atoms with Gasteiger partial charge in [-0.25, -0.2) is 4.58 Å².